The minimum Gasteiger partial charge on any atom is -0.465 e. The number of rotatable bonds is 8. The Kier molecular flexibility index (Phi) is 6.98. The predicted octanol–water partition coefficient (Wildman–Crippen LogP) is 4.07. The van der Waals surface area contributed by atoms with E-state index in [0.717, 1.165) is 10.2 Å². The number of hydrogen-bond donors (Lipinski definition) is 1. The van der Waals surface area contributed by atoms with Gasteiger partial charge in [-0.15, -0.1) is 0 Å². The summed E-state index contributed by atoms with van der Waals surface area (Å²) in [5.74, 6) is -1.34. The van der Waals surface area contributed by atoms with Crippen molar-refractivity contribution in [2.24, 2.45) is 5.92 Å². The van der Waals surface area contributed by atoms with Gasteiger partial charge in [0.2, 0.25) is 6.79 Å². The number of esters is 2. The molecule has 0 saturated carbocycles. The van der Waals surface area contributed by atoms with Crippen LogP contribution in [0.25, 0.3) is 0 Å². The Morgan fingerprint density at radius 1 is 1.00 bits per heavy atom. The quantitative estimate of drug-likeness (QED) is 0.466. The Morgan fingerprint density at radius 2 is 1.62 bits per heavy atom. The van der Waals surface area contributed by atoms with Crippen molar-refractivity contribution in [3.05, 3.63) is 52.5 Å². The number of benzene rings is 2. The molecule has 154 valence electrons. The molecule has 2 aromatic carbocycles. The van der Waals surface area contributed by atoms with Crippen LogP contribution < -0.4 is 14.8 Å². The maximum atomic E-state index is 12.7. The molecule has 2 aromatic rings. The molecule has 1 unspecified atom stereocenters. The topological polar surface area (TPSA) is 83.1 Å². The number of carbonyl (C=O) groups excluding carboxylic acids is 2. The molecule has 1 N–H and O–H groups in total. The molecule has 29 heavy (non-hydrogen) atoms. The van der Waals surface area contributed by atoms with Crippen molar-refractivity contribution in [2.75, 3.05) is 25.3 Å². The highest BCUT2D eigenvalue weighted by molar-refractivity contribution is 9.10. The zero-order chi connectivity index (χ0) is 20.8. The first kappa shape index (κ1) is 21.0. The third kappa shape index (κ3) is 5.00. The highest BCUT2D eigenvalue weighted by atomic mass is 79.9. The molecule has 0 saturated heterocycles. The van der Waals surface area contributed by atoms with Gasteiger partial charge in [-0.05, 0) is 55.8 Å². The fourth-order valence-electron chi connectivity index (χ4n) is 3.02. The van der Waals surface area contributed by atoms with Crippen molar-refractivity contribution in [3.63, 3.8) is 0 Å². The first-order chi connectivity index (χ1) is 14.0. The highest BCUT2D eigenvalue weighted by Crippen LogP contribution is 2.37. The van der Waals surface area contributed by atoms with E-state index in [4.69, 9.17) is 18.9 Å². The van der Waals surface area contributed by atoms with Crippen LogP contribution >= 0.6 is 15.9 Å². The van der Waals surface area contributed by atoms with Crippen molar-refractivity contribution >= 4 is 33.6 Å². The lowest BCUT2D eigenvalue weighted by atomic mass is 9.92. The van der Waals surface area contributed by atoms with Gasteiger partial charge in [0.15, 0.2) is 17.4 Å². The summed E-state index contributed by atoms with van der Waals surface area (Å²) in [6, 6.07) is 12.0. The van der Waals surface area contributed by atoms with Gasteiger partial charge in [-0.3, -0.25) is 9.59 Å². The number of anilines is 1. The first-order valence-corrected chi connectivity index (χ1v) is 10.1. The number of fused-ring (bicyclic) bond motifs is 1. The van der Waals surface area contributed by atoms with Gasteiger partial charge in [0.25, 0.3) is 0 Å². The Hall–Kier alpha value is -2.74. The van der Waals surface area contributed by atoms with Gasteiger partial charge < -0.3 is 24.3 Å². The largest absolute Gasteiger partial charge is 0.465 e. The third-order valence-corrected chi connectivity index (χ3v) is 4.87. The van der Waals surface area contributed by atoms with E-state index in [1.54, 1.807) is 32.0 Å². The second-order valence-electron chi connectivity index (χ2n) is 6.22. The van der Waals surface area contributed by atoms with Gasteiger partial charge in [-0.2, -0.15) is 0 Å². The summed E-state index contributed by atoms with van der Waals surface area (Å²) in [6.45, 7) is 3.82. The number of nitrogens with one attached hydrogen (secondary N) is 1. The summed E-state index contributed by atoms with van der Waals surface area (Å²) in [7, 11) is 0. The molecular formula is C21H22BrNO6. The number of carbonyl (C=O) groups is 2. The smallest absolute Gasteiger partial charge is 0.322 e. The Balaban J connectivity index is 2.02. The predicted molar refractivity (Wildman–Crippen MR) is 110 cm³/mol. The van der Waals surface area contributed by atoms with Gasteiger partial charge in [0.1, 0.15) is 0 Å². The summed E-state index contributed by atoms with van der Waals surface area (Å²) in [5, 5.41) is 3.27. The molecule has 8 heteroatoms. The summed E-state index contributed by atoms with van der Waals surface area (Å²) >= 11 is 3.40. The number of halogens is 1. The van der Waals surface area contributed by atoms with E-state index >= 15 is 0 Å². The molecule has 0 spiro atoms. The molecule has 0 aromatic heterocycles. The van der Waals surface area contributed by atoms with E-state index in [1.165, 1.54) is 0 Å². The van der Waals surface area contributed by atoms with Crippen LogP contribution in [0, 0.1) is 5.92 Å². The van der Waals surface area contributed by atoms with E-state index in [2.05, 4.69) is 21.2 Å². The first-order valence-electron chi connectivity index (χ1n) is 9.28. The fraction of sp³-hybridized carbons (Fsp3) is 0.333. The zero-order valence-electron chi connectivity index (χ0n) is 16.1. The van der Waals surface area contributed by atoms with E-state index in [1.807, 2.05) is 24.3 Å². The minimum absolute atomic E-state index is 0.128. The van der Waals surface area contributed by atoms with Gasteiger partial charge >= 0.3 is 11.9 Å². The molecular weight excluding hydrogens is 442 g/mol. The van der Waals surface area contributed by atoms with Crippen LogP contribution in [0.4, 0.5) is 5.69 Å². The van der Waals surface area contributed by atoms with Gasteiger partial charge in [0, 0.05) is 10.2 Å². The summed E-state index contributed by atoms with van der Waals surface area (Å²) in [5.41, 5.74) is 1.40. The van der Waals surface area contributed by atoms with Crippen LogP contribution in [0.1, 0.15) is 25.5 Å². The number of hydrogen-bond acceptors (Lipinski definition) is 7. The molecule has 7 nitrogen and oxygen atoms in total. The van der Waals surface area contributed by atoms with Crippen molar-refractivity contribution in [3.8, 4) is 11.5 Å². The third-order valence-electron chi connectivity index (χ3n) is 4.34. The van der Waals surface area contributed by atoms with Crippen molar-refractivity contribution in [1.29, 1.82) is 0 Å². The van der Waals surface area contributed by atoms with Crippen LogP contribution in [-0.4, -0.2) is 31.9 Å². The molecule has 0 bridgehead atoms. The zero-order valence-corrected chi connectivity index (χ0v) is 17.7. The van der Waals surface area contributed by atoms with Crippen LogP contribution in [0.15, 0.2) is 46.9 Å². The summed E-state index contributed by atoms with van der Waals surface area (Å²) < 4.78 is 22.1. The molecule has 1 heterocycles. The standard InChI is InChI=1S/C21H22BrNO6/c1-3-26-20(24)18(21(25)27-4-2)19(23-15-8-6-14(22)7-9-15)13-5-10-16-17(11-13)29-12-28-16/h5-11,18-19,23H,3-4,12H2,1-2H3. The van der Waals surface area contributed by atoms with E-state index in [9.17, 15) is 9.59 Å². The minimum atomic E-state index is -1.20. The second-order valence-corrected chi connectivity index (χ2v) is 7.14. The van der Waals surface area contributed by atoms with E-state index in [-0.39, 0.29) is 20.0 Å². The lowest BCUT2D eigenvalue weighted by Crippen LogP contribution is -2.36. The molecule has 0 amide bonds. The molecule has 1 aliphatic heterocycles. The maximum absolute atomic E-state index is 12.7. The number of ether oxygens (including phenoxy) is 4. The lowest BCUT2D eigenvalue weighted by Gasteiger charge is -2.26. The monoisotopic (exact) mass is 463 g/mol. The van der Waals surface area contributed by atoms with E-state index < -0.39 is 23.9 Å². The average molecular weight is 464 g/mol. The average Bonchev–Trinajstić information content (AvgIpc) is 3.17. The van der Waals surface area contributed by atoms with Gasteiger partial charge in [0.05, 0.1) is 19.3 Å². The Morgan fingerprint density at radius 3 is 2.24 bits per heavy atom. The van der Waals surface area contributed by atoms with Gasteiger partial charge in [-0.25, -0.2) is 0 Å². The molecule has 1 atom stereocenters. The molecule has 1 aliphatic rings. The van der Waals surface area contributed by atoms with Crippen LogP contribution in [-0.2, 0) is 19.1 Å². The van der Waals surface area contributed by atoms with Crippen molar-refractivity contribution < 1.29 is 28.5 Å². The fourth-order valence-corrected chi connectivity index (χ4v) is 3.29. The summed E-state index contributed by atoms with van der Waals surface area (Å²) in [4.78, 5) is 25.5. The Bertz CT molecular complexity index is 852. The highest BCUT2D eigenvalue weighted by Gasteiger charge is 2.39. The normalized spacial score (nSPS) is 13.1. The molecule has 0 fully saturated rings. The maximum Gasteiger partial charge on any atom is 0.322 e. The van der Waals surface area contributed by atoms with Crippen molar-refractivity contribution in [2.45, 2.75) is 19.9 Å². The molecule has 0 radical (unpaired) electrons. The Labute approximate surface area is 177 Å². The lowest BCUT2D eigenvalue weighted by molar-refractivity contribution is -0.162. The second kappa shape index (κ2) is 9.65. The van der Waals surface area contributed by atoms with Crippen LogP contribution in [0.2, 0.25) is 0 Å². The SMILES string of the molecule is CCOC(=O)C(C(=O)OCC)C(Nc1ccc(Br)cc1)c1ccc2c(c1)OCO2. The summed E-state index contributed by atoms with van der Waals surface area (Å²) in [6.07, 6.45) is 0. The van der Waals surface area contributed by atoms with Crippen LogP contribution in [0.3, 0.4) is 0 Å². The van der Waals surface area contributed by atoms with Crippen LogP contribution in [0.5, 0.6) is 11.5 Å². The van der Waals surface area contributed by atoms with E-state index in [0.29, 0.717) is 17.1 Å². The molecule has 0 aliphatic carbocycles. The molecule has 3 rings (SSSR count). The van der Waals surface area contributed by atoms with Crippen molar-refractivity contribution in [1.82, 2.24) is 0 Å². The van der Waals surface area contributed by atoms with Gasteiger partial charge in [-0.1, -0.05) is 22.0 Å².